The Bertz CT molecular complexity index is 520. The molecule has 0 fully saturated rings. The molecule has 1 heterocycles. The van der Waals surface area contributed by atoms with Crippen LogP contribution in [0.5, 0.6) is 5.88 Å². The average Bonchev–Trinajstić information content (AvgIpc) is 2.87. The molecule has 0 saturated carbocycles. The van der Waals surface area contributed by atoms with Gasteiger partial charge < -0.3 is 9.57 Å². The molecule has 0 N–H and O–H groups in total. The Kier molecular flexibility index (Phi) is 3.96. The van der Waals surface area contributed by atoms with Crippen molar-refractivity contribution in [1.82, 2.24) is 9.78 Å². The first-order valence-corrected chi connectivity index (χ1v) is 5.60. The van der Waals surface area contributed by atoms with E-state index in [4.69, 9.17) is 4.74 Å². The molecular formula is C13H15N3O2. The third kappa shape index (κ3) is 3.10. The number of oxime groups is 1. The molecule has 18 heavy (non-hydrogen) atoms. The molecule has 0 aliphatic rings. The van der Waals surface area contributed by atoms with Crippen molar-refractivity contribution in [2.75, 3.05) is 13.7 Å². The van der Waals surface area contributed by atoms with E-state index in [1.54, 1.807) is 4.68 Å². The van der Waals surface area contributed by atoms with Crippen LogP contribution >= 0.6 is 0 Å². The van der Waals surface area contributed by atoms with Crippen LogP contribution in [0.2, 0.25) is 0 Å². The quantitative estimate of drug-likeness (QED) is 0.599. The van der Waals surface area contributed by atoms with E-state index in [2.05, 4.69) is 15.1 Å². The molecule has 1 aromatic heterocycles. The first-order valence-electron chi connectivity index (χ1n) is 5.60. The highest BCUT2D eigenvalue weighted by molar-refractivity contribution is 5.82. The molecule has 0 bridgehead atoms. The van der Waals surface area contributed by atoms with Crippen molar-refractivity contribution in [2.24, 2.45) is 5.16 Å². The van der Waals surface area contributed by atoms with Gasteiger partial charge in [-0.2, -0.15) is 0 Å². The third-order valence-corrected chi connectivity index (χ3v) is 2.26. The summed E-state index contributed by atoms with van der Waals surface area (Å²) in [6.45, 7) is 2.19. The molecule has 5 heteroatoms. The van der Waals surface area contributed by atoms with E-state index in [1.165, 1.54) is 7.11 Å². The van der Waals surface area contributed by atoms with Crippen molar-refractivity contribution in [1.29, 1.82) is 0 Å². The number of para-hydroxylation sites is 1. The molecule has 0 atom stereocenters. The van der Waals surface area contributed by atoms with Gasteiger partial charge in [0.2, 0.25) is 5.88 Å². The monoisotopic (exact) mass is 245 g/mol. The molecule has 0 saturated heterocycles. The maximum Gasteiger partial charge on any atom is 0.233 e. The zero-order valence-electron chi connectivity index (χ0n) is 10.4. The maximum absolute atomic E-state index is 5.48. The lowest BCUT2D eigenvalue weighted by Crippen LogP contribution is -2.08. The van der Waals surface area contributed by atoms with Gasteiger partial charge in [0.25, 0.3) is 0 Å². The third-order valence-electron chi connectivity index (χ3n) is 2.26. The fourth-order valence-corrected chi connectivity index (χ4v) is 1.47. The summed E-state index contributed by atoms with van der Waals surface area (Å²) in [7, 11) is 1.51. The lowest BCUT2D eigenvalue weighted by Gasteiger charge is -2.02. The molecular weight excluding hydrogens is 230 g/mol. The lowest BCUT2D eigenvalue weighted by atomic mass is 10.3. The highest BCUT2D eigenvalue weighted by atomic mass is 16.6. The highest BCUT2D eigenvalue weighted by Crippen LogP contribution is 2.11. The molecule has 0 spiro atoms. The van der Waals surface area contributed by atoms with Crippen LogP contribution in [0.1, 0.15) is 6.92 Å². The number of hydrogen-bond donors (Lipinski definition) is 0. The van der Waals surface area contributed by atoms with Crippen LogP contribution in [-0.4, -0.2) is 29.2 Å². The van der Waals surface area contributed by atoms with Crippen LogP contribution in [0.4, 0.5) is 0 Å². The molecule has 2 rings (SSSR count). The summed E-state index contributed by atoms with van der Waals surface area (Å²) in [4.78, 5) is 4.65. The minimum Gasteiger partial charge on any atom is -0.470 e. The molecule has 0 radical (unpaired) electrons. The summed E-state index contributed by atoms with van der Waals surface area (Å²) >= 11 is 0. The summed E-state index contributed by atoms with van der Waals surface area (Å²) in [5.74, 6) is 0.560. The largest absolute Gasteiger partial charge is 0.470 e. The van der Waals surface area contributed by atoms with Crippen molar-refractivity contribution in [3.8, 4) is 11.6 Å². The van der Waals surface area contributed by atoms with Gasteiger partial charge in [0, 0.05) is 12.3 Å². The summed E-state index contributed by atoms with van der Waals surface area (Å²) in [6.07, 6.45) is 1.85. The first kappa shape index (κ1) is 12.2. The van der Waals surface area contributed by atoms with Gasteiger partial charge in [0.05, 0.1) is 11.4 Å². The standard InChI is InChI=1S/C13H15N3O2/c1-11(15-17-2)10-18-13-8-9-16(14-13)12-6-4-3-5-7-12/h3-9H,10H2,1-2H3. The van der Waals surface area contributed by atoms with Gasteiger partial charge in [-0.1, -0.05) is 23.4 Å². The van der Waals surface area contributed by atoms with Crippen LogP contribution in [0.25, 0.3) is 5.69 Å². The number of rotatable bonds is 5. The van der Waals surface area contributed by atoms with Crippen LogP contribution in [0.15, 0.2) is 47.8 Å². The Morgan fingerprint density at radius 1 is 1.28 bits per heavy atom. The van der Waals surface area contributed by atoms with Crippen molar-refractivity contribution in [2.45, 2.75) is 6.92 Å². The van der Waals surface area contributed by atoms with Gasteiger partial charge in [-0.05, 0) is 19.1 Å². The highest BCUT2D eigenvalue weighted by Gasteiger charge is 2.02. The summed E-state index contributed by atoms with van der Waals surface area (Å²) in [5, 5.41) is 8.07. The summed E-state index contributed by atoms with van der Waals surface area (Å²) < 4.78 is 7.24. The maximum atomic E-state index is 5.48. The number of hydrogen-bond acceptors (Lipinski definition) is 4. The molecule has 2 aromatic rings. The van der Waals surface area contributed by atoms with Crippen molar-refractivity contribution in [3.05, 3.63) is 42.6 Å². The van der Waals surface area contributed by atoms with E-state index in [9.17, 15) is 0 Å². The molecule has 0 amide bonds. The van der Waals surface area contributed by atoms with Gasteiger partial charge in [0.1, 0.15) is 13.7 Å². The van der Waals surface area contributed by atoms with E-state index >= 15 is 0 Å². The minimum atomic E-state index is 0.361. The lowest BCUT2D eigenvalue weighted by molar-refractivity contribution is 0.209. The zero-order chi connectivity index (χ0) is 12.8. The van der Waals surface area contributed by atoms with Crippen molar-refractivity contribution >= 4 is 5.71 Å². The number of nitrogens with zero attached hydrogens (tertiary/aromatic N) is 3. The van der Waals surface area contributed by atoms with Crippen LogP contribution in [0, 0.1) is 0 Å². The Balaban J connectivity index is 2.01. The normalized spacial score (nSPS) is 11.3. The van der Waals surface area contributed by atoms with Crippen molar-refractivity contribution in [3.63, 3.8) is 0 Å². The van der Waals surface area contributed by atoms with E-state index < -0.39 is 0 Å². The molecule has 94 valence electrons. The van der Waals surface area contributed by atoms with Crippen LogP contribution in [0.3, 0.4) is 0 Å². The van der Waals surface area contributed by atoms with Gasteiger partial charge in [-0.25, -0.2) is 4.68 Å². The fourth-order valence-electron chi connectivity index (χ4n) is 1.47. The molecule has 0 aliphatic carbocycles. The molecule has 0 aliphatic heterocycles. The Labute approximate surface area is 106 Å². The van der Waals surface area contributed by atoms with E-state index in [0.717, 1.165) is 11.4 Å². The van der Waals surface area contributed by atoms with E-state index in [-0.39, 0.29) is 0 Å². The SMILES string of the molecule is CON=C(C)COc1ccn(-c2ccccc2)n1. The smallest absolute Gasteiger partial charge is 0.233 e. The molecule has 5 nitrogen and oxygen atoms in total. The Morgan fingerprint density at radius 2 is 2.06 bits per heavy atom. The Hall–Kier alpha value is -2.30. The average molecular weight is 245 g/mol. The second-order valence-electron chi connectivity index (χ2n) is 3.73. The first-order chi connectivity index (χ1) is 8.79. The number of aromatic nitrogens is 2. The fraction of sp³-hybridized carbons (Fsp3) is 0.231. The topological polar surface area (TPSA) is 48.6 Å². The van der Waals surface area contributed by atoms with Crippen LogP contribution in [-0.2, 0) is 4.84 Å². The molecule has 0 unspecified atom stereocenters. The van der Waals surface area contributed by atoms with E-state index in [1.807, 2.05) is 49.5 Å². The summed E-state index contributed by atoms with van der Waals surface area (Å²) in [5.41, 5.74) is 1.75. The van der Waals surface area contributed by atoms with Crippen LogP contribution < -0.4 is 4.74 Å². The van der Waals surface area contributed by atoms with Gasteiger partial charge in [0.15, 0.2) is 0 Å². The van der Waals surface area contributed by atoms with Crippen molar-refractivity contribution < 1.29 is 9.57 Å². The predicted molar refractivity (Wildman–Crippen MR) is 69.2 cm³/mol. The summed E-state index contributed by atoms with van der Waals surface area (Å²) in [6, 6.07) is 11.7. The number of ether oxygens (including phenoxy) is 1. The van der Waals surface area contributed by atoms with E-state index in [0.29, 0.717) is 12.5 Å². The molecule has 1 aromatic carbocycles. The minimum absolute atomic E-state index is 0.361. The Morgan fingerprint density at radius 3 is 2.78 bits per heavy atom. The zero-order valence-corrected chi connectivity index (χ0v) is 10.4. The van der Waals surface area contributed by atoms with Gasteiger partial charge >= 0.3 is 0 Å². The van der Waals surface area contributed by atoms with Gasteiger partial charge in [-0.15, -0.1) is 5.10 Å². The second kappa shape index (κ2) is 5.86. The van der Waals surface area contributed by atoms with Gasteiger partial charge in [-0.3, -0.25) is 0 Å². The second-order valence-corrected chi connectivity index (χ2v) is 3.73. The predicted octanol–water partition coefficient (Wildman–Crippen LogP) is 2.27. The number of benzene rings is 1.